The molecule has 0 radical (unpaired) electrons. The van der Waals surface area contributed by atoms with Gasteiger partial charge in [0.2, 0.25) is 5.91 Å². The molecular weight excluding hydrogens is 340 g/mol. The summed E-state index contributed by atoms with van der Waals surface area (Å²) in [5, 5.41) is 3.45. The van der Waals surface area contributed by atoms with Crippen LogP contribution in [0, 0.1) is 0 Å². The molecule has 3 rings (SSSR count). The molecule has 130 valence electrons. The van der Waals surface area contributed by atoms with E-state index in [4.69, 9.17) is 11.6 Å². The molecule has 1 aliphatic heterocycles. The van der Waals surface area contributed by atoms with Gasteiger partial charge in [-0.2, -0.15) is 0 Å². The quantitative estimate of drug-likeness (QED) is 0.892. The van der Waals surface area contributed by atoms with Gasteiger partial charge in [-0.05, 0) is 36.8 Å². The zero-order chi connectivity index (χ0) is 17.8. The first kappa shape index (κ1) is 17.2. The first-order valence-corrected chi connectivity index (χ1v) is 8.51. The highest BCUT2D eigenvalue weighted by molar-refractivity contribution is 6.30. The molecule has 0 spiro atoms. The monoisotopic (exact) mass is 358 g/mol. The summed E-state index contributed by atoms with van der Waals surface area (Å²) in [6, 6.07) is 10.6. The third-order valence-corrected chi connectivity index (χ3v) is 4.31. The Labute approximate surface area is 151 Å². The van der Waals surface area contributed by atoms with E-state index in [2.05, 4.69) is 10.3 Å². The van der Waals surface area contributed by atoms with Gasteiger partial charge in [0.25, 0.3) is 0 Å². The van der Waals surface area contributed by atoms with Gasteiger partial charge in [-0.25, -0.2) is 9.78 Å². The van der Waals surface area contributed by atoms with E-state index in [9.17, 15) is 9.59 Å². The fraction of sp³-hybridized carbons (Fsp3) is 0.278. The van der Waals surface area contributed by atoms with Crippen molar-refractivity contribution in [1.82, 2.24) is 9.88 Å². The summed E-state index contributed by atoms with van der Waals surface area (Å²) in [4.78, 5) is 32.0. The fourth-order valence-corrected chi connectivity index (χ4v) is 2.83. The summed E-state index contributed by atoms with van der Waals surface area (Å²) in [5.41, 5.74) is 1.48. The van der Waals surface area contributed by atoms with Crippen LogP contribution in [0.1, 0.15) is 12.5 Å². The van der Waals surface area contributed by atoms with Crippen LogP contribution in [0.15, 0.2) is 42.6 Å². The van der Waals surface area contributed by atoms with E-state index in [-0.39, 0.29) is 18.4 Å². The second kappa shape index (κ2) is 7.53. The van der Waals surface area contributed by atoms with Crippen LogP contribution < -0.4 is 10.2 Å². The molecule has 1 fully saturated rings. The number of pyridine rings is 1. The summed E-state index contributed by atoms with van der Waals surface area (Å²) < 4.78 is 0. The van der Waals surface area contributed by atoms with Gasteiger partial charge in [0.1, 0.15) is 5.82 Å². The van der Waals surface area contributed by atoms with Crippen molar-refractivity contribution in [2.45, 2.75) is 13.3 Å². The minimum atomic E-state index is -0.133. The highest BCUT2D eigenvalue weighted by Gasteiger charge is 2.28. The number of nitrogens with one attached hydrogen (secondary N) is 1. The van der Waals surface area contributed by atoms with Gasteiger partial charge in [0, 0.05) is 24.7 Å². The first-order chi connectivity index (χ1) is 12.1. The van der Waals surface area contributed by atoms with E-state index in [0.717, 1.165) is 5.56 Å². The average molecular weight is 359 g/mol. The van der Waals surface area contributed by atoms with Gasteiger partial charge < -0.3 is 10.2 Å². The number of hydrogen-bond acceptors (Lipinski definition) is 3. The molecule has 2 heterocycles. The molecule has 0 saturated carbocycles. The first-order valence-electron chi connectivity index (χ1n) is 8.13. The predicted octanol–water partition coefficient (Wildman–Crippen LogP) is 3.18. The van der Waals surface area contributed by atoms with Crippen molar-refractivity contribution in [2.75, 3.05) is 29.9 Å². The van der Waals surface area contributed by atoms with E-state index in [1.165, 1.54) is 0 Å². The minimum absolute atomic E-state index is 0.0328. The van der Waals surface area contributed by atoms with Gasteiger partial charge in [0.05, 0.1) is 18.3 Å². The minimum Gasteiger partial charge on any atom is -0.324 e. The molecule has 1 aromatic carbocycles. The van der Waals surface area contributed by atoms with Crippen molar-refractivity contribution < 1.29 is 9.59 Å². The molecule has 0 bridgehead atoms. The maximum absolute atomic E-state index is 12.2. The number of halogens is 1. The van der Waals surface area contributed by atoms with Gasteiger partial charge in [-0.15, -0.1) is 0 Å². The van der Waals surface area contributed by atoms with Crippen LogP contribution in [0.5, 0.6) is 0 Å². The van der Waals surface area contributed by atoms with Gasteiger partial charge in [-0.1, -0.05) is 23.7 Å². The zero-order valence-corrected chi connectivity index (χ0v) is 14.7. The molecule has 1 N–H and O–H groups in total. The summed E-state index contributed by atoms with van der Waals surface area (Å²) >= 11 is 5.84. The zero-order valence-electron chi connectivity index (χ0n) is 13.9. The maximum atomic E-state index is 12.2. The Morgan fingerprint density at radius 1 is 1.20 bits per heavy atom. The number of aromatic nitrogens is 1. The topological polar surface area (TPSA) is 65.5 Å². The molecule has 6 nitrogen and oxygen atoms in total. The lowest BCUT2D eigenvalue weighted by molar-refractivity contribution is -0.115. The number of hydrogen-bond donors (Lipinski definition) is 1. The Morgan fingerprint density at radius 3 is 2.56 bits per heavy atom. The number of likely N-dealkylation sites (N-methyl/N-ethyl adjacent to an activating group) is 1. The molecule has 0 aliphatic carbocycles. The highest BCUT2D eigenvalue weighted by Crippen LogP contribution is 2.19. The number of benzene rings is 1. The van der Waals surface area contributed by atoms with E-state index in [0.29, 0.717) is 36.2 Å². The molecule has 1 aromatic heterocycles. The van der Waals surface area contributed by atoms with Crippen molar-refractivity contribution in [3.63, 3.8) is 0 Å². The summed E-state index contributed by atoms with van der Waals surface area (Å²) in [7, 11) is 0. The third-order valence-electron chi connectivity index (χ3n) is 4.06. The summed E-state index contributed by atoms with van der Waals surface area (Å²) in [5.74, 6) is 0.461. The second-order valence-corrected chi connectivity index (χ2v) is 6.21. The Bertz CT molecular complexity index is 762. The number of nitrogens with zero attached hydrogens (tertiary/aromatic N) is 3. The Balaban J connectivity index is 1.60. The number of rotatable bonds is 5. The second-order valence-electron chi connectivity index (χ2n) is 5.77. The maximum Gasteiger partial charge on any atom is 0.325 e. The van der Waals surface area contributed by atoms with Crippen LogP contribution in [0.25, 0.3) is 0 Å². The van der Waals surface area contributed by atoms with Crippen molar-refractivity contribution in [3.8, 4) is 0 Å². The molecule has 2 aromatic rings. The highest BCUT2D eigenvalue weighted by atomic mass is 35.5. The molecule has 3 amide bonds. The average Bonchev–Trinajstić information content (AvgIpc) is 2.98. The lowest BCUT2D eigenvalue weighted by Gasteiger charge is -2.16. The van der Waals surface area contributed by atoms with Crippen LogP contribution in [0.2, 0.25) is 5.02 Å². The number of carbonyl (C=O) groups is 2. The molecule has 1 saturated heterocycles. The van der Waals surface area contributed by atoms with Crippen molar-refractivity contribution >= 4 is 35.0 Å². The lowest BCUT2D eigenvalue weighted by atomic mass is 10.1. The molecule has 25 heavy (non-hydrogen) atoms. The molecular formula is C18H19ClN4O2. The van der Waals surface area contributed by atoms with Crippen molar-refractivity contribution in [1.29, 1.82) is 0 Å². The van der Waals surface area contributed by atoms with Crippen LogP contribution in [0.4, 0.5) is 16.3 Å². The lowest BCUT2D eigenvalue weighted by Crippen LogP contribution is -2.32. The van der Waals surface area contributed by atoms with Crippen LogP contribution in [-0.4, -0.2) is 41.5 Å². The van der Waals surface area contributed by atoms with E-state index in [1.807, 2.05) is 19.1 Å². The molecule has 0 unspecified atom stereocenters. The Hall–Kier alpha value is -2.60. The Morgan fingerprint density at radius 2 is 1.96 bits per heavy atom. The largest absolute Gasteiger partial charge is 0.325 e. The normalized spacial score (nSPS) is 14.1. The van der Waals surface area contributed by atoms with Crippen molar-refractivity contribution in [3.05, 3.63) is 53.2 Å². The summed E-state index contributed by atoms with van der Waals surface area (Å²) in [6.45, 7) is 3.97. The number of urea groups is 1. The van der Waals surface area contributed by atoms with E-state index in [1.54, 1.807) is 40.3 Å². The predicted molar refractivity (Wildman–Crippen MR) is 98.0 cm³/mol. The SMILES string of the molecule is CCN1CCN(c2ccc(NC(=O)Cc3ccc(Cl)cc3)cn2)C1=O. The molecule has 1 aliphatic rings. The van der Waals surface area contributed by atoms with E-state index < -0.39 is 0 Å². The van der Waals surface area contributed by atoms with Crippen LogP contribution in [0.3, 0.4) is 0 Å². The van der Waals surface area contributed by atoms with Gasteiger partial charge >= 0.3 is 6.03 Å². The van der Waals surface area contributed by atoms with Crippen molar-refractivity contribution in [2.24, 2.45) is 0 Å². The standard InChI is InChI=1S/C18H19ClN4O2/c1-2-22-9-10-23(18(22)25)16-8-7-15(12-20-16)21-17(24)11-13-3-5-14(19)6-4-13/h3-8,12H,2,9-11H2,1H3,(H,21,24). The summed E-state index contributed by atoms with van der Waals surface area (Å²) in [6.07, 6.45) is 1.83. The fourth-order valence-electron chi connectivity index (χ4n) is 2.70. The van der Waals surface area contributed by atoms with Gasteiger partial charge in [0.15, 0.2) is 0 Å². The third kappa shape index (κ3) is 4.09. The number of amides is 3. The number of anilines is 2. The van der Waals surface area contributed by atoms with Crippen LogP contribution in [-0.2, 0) is 11.2 Å². The Kier molecular flexibility index (Phi) is 5.19. The molecule has 0 atom stereocenters. The van der Waals surface area contributed by atoms with Gasteiger partial charge in [-0.3, -0.25) is 9.69 Å². The van der Waals surface area contributed by atoms with E-state index >= 15 is 0 Å². The van der Waals surface area contributed by atoms with Crippen LogP contribution >= 0.6 is 11.6 Å². The molecule has 7 heteroatoms. The smallest absolute Gasteiger partial charge is 0.324 e. The number of carbonyl (C=O) groups excluding carboxylic acids is 2.